The van der Waals surface area contributed by atoms with Crippen molar-refractivity contribution >= 4 is 22.6 Å². The van der Waals surface area contributed by atoms with Gasteiger partial charge >= 0.3 is 6.68 Å². The average Bonchev–Trinajstić information content (AvgIpc) is 2.01. The van der Waals surface area contributed by atoms with Gasteiger partial charge in [-0.1, -0.05) is 39.0 Å². The van der Waals surface area contributed by atoms with Crippen LogP contribution in [0.2, 0.25) is 0 Å². The summed E-state index contributed by atoms with van der Waals surface area (Å²) >= 11 is 2.39. The molecule has 15 heavy (non-hydrogen) atoms. The first-order chi connectivity index (χ1) is 6.75. The molecule has 0 aliphatic carbocycles. The maximum absolute atomic E-state index is 9.67. The van der Waals surface area contributed by atoms with Crippen LogP contribution in [-0.2, 0) is 5.41 Å². The van der Waals surface area contributed by atoms with Crippen molar-refractivity contribution in [3.05, 3.63) is 33.4 Å². The predicted molar refractivity (Wildman–Crippen MR) is 65.0 cm³/mol. The summed E-state index contributed by atoms with van der Waals surface area (Å²) in [7, 11) is 0. The Kier molecular flexibility index (Phi) is 6.24. The van der Waals surface area contributed by atoms with E-state index in [9.17, 15) is 13.2 Å². The zero-order valence-corrected chi connectivity index (χ0v) is 11.1. The molecule has 0 spiro atoms. The molecule has 0 bridgehead atoms. The van der Waals surface area contributed by atoms with E-state index in [1.165, 1.54) is 9.13 Å². The lowest BCUT2D eigenvalue weighted by Crippen LogP contribution is -2.12. The van der Waals surface area contributed by atoms with Gasteiger partial charge in [-0.2, -0.15) is 13.2 Å². The molecule has 1 rings (SSSR count). The van der Waals surface area contributed by atoms with Crippen molar-refractivity contribution in [2.24, 2.45) is 0 Å². The molecule has 0 unspecified atom stereocenters. The van der Waals surface area contributed by atoms with Gasteiger partial charge in [0.15, 0.2) is 0 Å². The number of alkyl halides is 3. The van der Waals surface area contributed by atoms with E-state index in [0.29, 0.717) is 0 Å². The van der Waals surface area contributed by atoms with Crippen LogP contribution in [0.1, 0.15) is 26.3 Å². The van der Waals surface area contributed by atoms with Crippen molar-refractivity contribution in [1.82, 2.24) is 0 Å². The summed E-state index contributed by atoms with van der Waals surface area (Å²) in [5, 5.41) is 0. The van der Waals surface area contributed by atoms with Crippen molar-refractivity contribution in [3.63, 3.8) is 0 Å². The second kappa shape index (κ2) is 6.35. The summed E-state index contributed by atoms with van der Waals surface area (Å²) in [6.07, 6.45) is 0. The SMILES string of the molecule is CC(C)(C)c1ccccc1I.FC(F)F. The molecular weight excluding hydrogens is 316 g/mol. The van der Waals surface area contributed by atoms with Crippen molar-refractivity contribution in [2.75, 3.05) is 0 Å². The number of rotatable bonds is 0. The first kappa shape index (κ1) is 14.7. The Hall–Kier alpha value is -0.260. The maximum Gasteiger partial charge on any atom is 0.379 e. The molecule has 4 heteroatoms. The van der Waals surface area contributed by atoms with Gasteiger partial charge < -0.3 is 0 Å². The molecule has 0 amide bonds. The van der Waals surface area contributed by atoms with E-state index in [0.717, 1.165) is 0 Å². The van der Waals surface area contributed by atoms with Gasteiger partial charge in [-0.25, -0.2) is 0 Å². The molecule has 86 valence electrons. The van der Waals surface area contributed by atoms with E-state index in [2.05, 4.69) is 67.6 Å². The third kappa shape index (κ3) is 6.76. The zero-order valence-electron chi connectivity index (χ0n) is 8.90. The van der Waals surface area contributed by atoms with Crippen LogP contribution in [0.4, 0.5) is 13.2 Å². The van der Waals surface area contributed by atoms with Gasteiger partial charge in [-0.3, -0.25) is 0 Å². The topological polar surface area (TPSA) is 0 Å². The van der Waals surface area contributed by atoms with E-state index in [-0.39, 0.29) is 5.41 Å². The summed E-state index contributed by atoms with van der Waals surface area (Å²) in [5.41, 5.74) is 1.71. The fraction of sp³-hybridized carbons (Fsp3) is 0.455. The summed E-state index contributed by atoms with van der Waals surface area (Å²) in [6, 6.07) is 8.53. The van der Waals surface area contributed by atoms with Crippen LogP contribution in [0.15, 0.2) is 24.3 Å². The van der Waals surface area contributed by atoms with Crippen LogP contribution in [0, 0.1) is 3.57 Å². The van der Waals surface area contributed by atoms with Gasteiger partial charge in [-0.05, 0) is 39.6 Å². The Bertz CT molecular complexity index is 289. The first-order valence-corrected chi connectivity index (χ1v) is 5.50. The normalized spacial score (nSPS) is 10.9. The molecule has 0 fully saturated rings. The Labute approximate surface area is 102 Å². The van der Waals surface area contributed by atoms with Gasteiger partial charge in [0, 0.05) is 3.57 Å². The highest BCUT2D eigenvalue weighted by molar-refractivity contribution is 14.1. The first-order valence-electron chi connectivity index (χ1n) is 4.42. The number of hydrogen-bond acceptors (Lipinski definition) is 0. The molecule has 1 aromatic carbocycles. The molecule has 0 nitrogen and oxygen atoms in total. The maximum atomic E-state index is 9.67. The van der Waals surface area contributed by atoms with Gasteiger partial charge in [-0.15, -0.1) is 0 Å². The molecule has 0 aromatic heterocycles. The zero-order chi connectivity index (χ0) is 12.1. The summed E-state index contributed by atoms with van der Waals surface area (Å²) < 4.78 is 30.4. The molecule has 0 saturated heterocycles. The van der Waals surface area contributed by atoms with Crippen molar-refractivity contribution in [3.8, 4) is 0 Å². The fourth-order valence-corrected chi connectivity index (χ4v) is 2.27. The van der Waals surface area contributed by atoms with Crippen LogP contribution in [-0.4, -0.2) is 6.68 Å². The number of halogens is 4. The van der Waals surface area contributed by atoms with Gasteiger partial charge in [0.2, 0.25) is 0 Å². The minimum Gasteiger partial charge on any atom is -0.174 e. The van der Waals surface area contributed by atoms with Crippen LogP contribution >= 0.6 is 22.6 Å². The lowest BCUT2D eigenvalue weighted by Gasteiger charge is -2.20. The number of hydrogen-bond donors (Lipinski definition) is 0. The molecular formula is C11H14F3I. The predicted octanol–water partition coefficient (Wildman–Crippen LogP) is 4.77. The molecule has 0 atom stereocenters. The molecule has 0 aliphatic heterocycles. The van der Waals surface area contributed by atoms with Gasteiger partial charge in [0.05, 0.1) is 0 Å². The summed E-state index contributed by atoms with van der Waals surface area (Å²) in [5.74, 6) is 0. The fourth-order valence-electron chi connectivity index (χ4n) is 1.07. The Morgan fingerprint density at radius 1 is 1.07 bits per heavy atom. The monoisotopic (exact) mass is 330 g/mol. The van der Waals surface area contributed by atoms with Crippen molar-refractivity contribution < 1.29 is 13.2 Å². The Morgan fingerprint density at radius 2 is 1.47 bits per heavy atom. The van der Waals surface area contributed by atoms with Crippen LogP contribution in [0.25, 0.3) is 0 Å². The molecule has 0 radical (unpaired) electrons. The quantitative estimate of drug-likeness (QED) is 0.601. The van der Waals surface area contributed by atoms with E-state index in [1.807, 2.05) is 0 Å². The van der Waals surface area contributed by atoms with Crippen LogP contribution in [0.5, 0.6) is 0 Å². The molecule has 0 saturated carbocycles. The minimum atomic E-state index is -3.67. The molecule has 0 N–H and O–H groups in total. The minimum absolute atomic E-state index is 0.276. The van der Waals surface area contributed by atoms with E-state index in [4.69, 9.17) is 0 Å². The Morgan fingerprint density at radius 3 is 1.73 bits per heavy atom. The smallest absolute Gasteiger partial charge is 0.174 e. The standard InChI is InChI=1S/C10H13I.CHF3/c1-10(2,3)8-6-4-5-7-9(8)11;2-1(3)4/h4-7H,1-3H3;1H. The van der Waals surface area contributed by atoms with Crippen molar-refractivity contribution in [1.29, 1.82) is 0 Å². The van der Waals surface area contributed by atoms with Crippen LogP contribution in [0.3, 0.4) is 0 Å². The van der Waals surface area contributed by atoms with E-state index >= 15 is 0 Å². The lowest BCUT2D eigenvalue weighted by atomic mass is 9.87. The van der Waals surface area contributed by atoms with E-state index in [1.54, 1.807) is 0 Å². The second-order valence-corrected chi connectivity index (χ2v) is 5.14. The average molecular weight is 330 g/mol. The molecule has 0 heterocycles. The summed E-state index contributed by atoms with van der Waals surface area (Å²) in [6.45, 7) is 3.06. The lowest BCUT2D eigenvalue weighted by molar-refractivity contribution is 0.00819. The molecule has 0 aliphatic rings. The van der Waals surface area contributed by atoms with Gasteiger partial charge in [0.25, 0.3) is 0 Å². The Balaban J connectivity index is 0.000000423. The highest BCUT2D eigenvalue weighted by Gasteiger charge is 2.15. The third-order valence-corrected chi connectivity index (χ3v) is 2.62. The molecule has 1 aromatic rings. The van der Waals surface area contributed by atoms with Crippen molar-refractivity contribution in [2.45, 2.75) is 32.9 Å². The second-order valence-electron chi connectivity index (χ2n) is 3.98. The highest BCUT2D eigenvalue weighted by atomic mass is 127. The number of benzene rings is 1. The van der Waals surface area contributed by atoms with E-state index < -0.39 is 6.68 Å². The highest BCUT2D eigenvalue weighted by Crippen LogP contribution is 2.26. The largest absolute Gasteiger partial charge is 0.379 e. The van der Waals surface area contributed by atoms with Gasteiger partial charge in [0.1, 0.15) is 0 Å². The summed E-state index contributed by atoms with van der Waals surface area (Å²) in [4.78, 5) is 0. The van der Waals surface area contributed by atoms with Crippen LogP contribution < -0.4 is 0 Å². The third-order valence-electron chi connectivity index (χ3n) is 1.68.